The molecule has 1 aromatic heterocycles. The summed E-state index contributed by atoms with van der Waals surface area (Å²) in [6, 6.07) is 7.21. The van der Waals surface area contributed by atoms with Crippen LogP contribution in [0.15, 0.2) is 30.5 Å². The van der Waals surface area contributed by atoms with Gasteiger partial charge in [0.1, 0.15) is 5.82 Å². The molecule has 1 fully saturated rings. The molecule has 0 radical (unpaired) electrons. The molecule has 2 aliphatic rings. The molecular formula is C18H20ClN5O2. The molecule has 136 valence electrons. The number of anilines is 3. The summed E-state index contributed by atoms with van der Waals surface area (Å²) < 4.78 is 0. The molecule has 0 atom stereocenters. The van der Waals surface area contributed by atoms with E-state index < -0.39 is 0 Å². The van der Waals surface area contributed by atoms with Crippen LogP contribution < -0.4 is 15.5 Å². The standard InChI is InChI=1S/C18H20ClN5O2/c19-14-3-1-2-4-15(14)24-10-11-9-20-17(22-16(11)23-18(24)26)21-12-5-7-13(25)8-6-12/h1-4,9,12-13,25H,5-8,10H2,(H2,20,21,22,23,26)/t12-,13+. The molecule has 26 heavy (non-hydrogen) atoms. The van der Waals surface area contributed by atoms with Crippen molar-refractivity contribution in [3.63, 3.8) is 0 Å². The van der Waals surface area contributed by atoms with E-state index in [1.54, 1.807) is 23.2 Å². The van der Waals surface area contributed by atoms with E-state index in [0.717, 1.165) is 31.2 Å². The number of halogens is 1. The maximum absolute atomic E-state index is 12.5. The van der Waals surface area contributed by atoms with Crippen LogP contribution in [0.25, 0.3) is 0 Å². The van der Waals surface area contributed by atoms with E-state index in [0.29, 0.717) is 29.0 Å². The highest BCUT2D eigenvalue weighted by molar-refractivity contribution is 6.34. The van der Waals surface area contributed by atoms with Crippen molar-refractivity contribution >= 4 is 35.1 Å². The topological polar surface area (TPSA) is 90.4 Å². The number of nitrogens with zero attached hydrogens (tertiary/aromatic N) is 3. The van der Waals surface area contributed by atoms with Gasteiger partial charge in [-0.05, 0) is 37.8 Å². The number of para-hydroxylation sites is 1. The Morgan fingerprint density at radius 3 is 2.77 bits per heavy atom. The van der Waals surface area contributed by atoms with Crippen LogP contribution in [0, 0.1) is 0 Å². The number of aliphatic hydroxyl groups excluding tert-OH is 1. The average Bonchev–Trinajstić information content (AvgIpc) is 2.64. The summed E-state index contributed by atoms with van der Waals surface area (Å²) in [6.45, 7) is 0.362. The minimum absolute atomic E-state index is 0.201. The average molecular weight is 374 g/mol. The zero-order chi connectivity index (χ0) is 18.1. The summed E-state index contributed by atoms with van der Waals surface area (Å²) in [5, 5.41) is 16.2. The number of benzene rings is 1. The molecule has 2 aromatic rings. The predicted octanol–water partition coefficient (Wildman–Crippen LogP) is 3.40. The van der Waals surface area contributed by atoms with Gasteiger partial charge in [0.15, 0.2) is 0 Å². The second-order valence-electron chi connectivity index (χ2n) is 6.68. The van der Waals surface area contributed by atoms with E-state index in [-0.39, 0.29) is 18.2 Å². The maximum Gasteiger partial charge on any atom is 0.327 e. The number of carbonyl (C=O) groups excluding carboxylic acids is 1. The number of urea groups is 1. The van der Waals surface area contributed by atoms with Crippen molar-refractivity contribution in [1.82, 2.24) is 9.97 Å². The van der Waals surface area contributed by atoms with Crippen LogP contribution in [0.4, 0.5) is 22.2 Å². The Balaban J connectivity index is 1.51. The first-order valence-corrected chi connectivity index (χ1v) is 9.11. The Kier molecular flexibility index (Phi) is 4.65. The molecular weight excluding hydrogens is 354 g/mol. The van der Waals surface area contributed by atoms with Crippen molar-refractivity contribution in [3.05, 3.63) is 41.0 Å². The summed E-state index contributed by atoms with van der Waals surface area (Å²) in [6.07, 6.45) is 4.86. The molecule has 3 N–H and O–H groups in total. The van der Waals surface area contributed by atoms with Crippen LogP contribution in [0.2, 0.25) is 5.02 Å². The van der Waals surface area contributed by atoms with E-state index in [1.807, 2.05) is 12.1 Å². The second kappa shape index (κ2) is 7.09. The highest BCUT2D eigenvalue weighted by Gasteiger charge is 2.27. The number of aliphatic hydroxyl groups is 1. The Labute approximate surface area is 156 Å². The first kappa shape index (κ1) is 17.1. The van der Waals surface area contributed by atoms with Crippen molar-refractivity contribution in [2.24, 2.45) is 0 Å². The van der Waals surface area contributed by atoms with E-state index in [9.17, 15) is 9.90 Å². The number of aromatic nitrogens is 2. The normalized spacial score (nSPS) is 22.5. The number of amides is 2. The van der Waals surface area contributed by atoms with E-state index in [4.69, 9.17) is 11.6 Å². The fourth-order valence-electron chi connectivity index (χ4n) is 3.38. The lowest BCUT2D eigenvalue weighted by Crippen LogP contribution is -2.39. The van der Waals surface area contributed by atoms with Crippen LogP contribution in [0.3, 0.4) is 0 Å². The molecule has 8 heteroatoms. The summed E-state index contributed by atoms with van der Waals surface area (Å²) in [5.74, 6) is 1.02. The Morgan fingerprint density at radius 2 is 2.00 bits per heavy atom. The molecule has 4 rings (SSSR count). The van der Waals surface area contributed by atoms with E-state index in [2.05, 4.69) is 20.6 Å². The smallest absolute Gasteiger partial charge is 0.327 e. The third-order valence-electron chi connectivity index (χ3n) is 4.84. The Bertz CT molecular complexity index is 823. The number of nitrogens with one attached hydrogen (secondary N) is 2. The number of fused-ring (bicyclic) bond motifs is 1. The molecule has 7 nitrogen and oxygen atoms in total. The number of hydrogen-bond donors (Lipinski definition) is 3. The zero-order valence-corrected chi connectivity index (χ0v) is 14.9. The van der Waals surface area contributed by atoms with Gasteiger partial charge in [-0.3, -0.25) is 10.2 Å². The molecule has 1 aliphatic carbocycles. The SMILES string of the molecule is O=C1Nc2nc(N[C@H]3CC[C@@H](O)CC3)ncc2CN1c1ccccc1Cl. The van der Waals surface area contributed by atoms with Gasteiger partial charge < -0.3 is 10.4 Å². The van der Waals surface area contributed by atoms with E-state index in [1.165, 1.54) is 0 Å². The molecule has 2 amide bonds. The van der Waals surface area contributed by atoms with Crippen LogP contribution in [-0.4, -0.2) is 33.3 Å². The van der Waals surface area contributed by atoms with Crippen LogP contribution >= 0.6 is 11.6 Å². The Hall–Kier alpha value is -2.38. The van der Waals surface area contributed by atoms with E-state index >= 15 is 0 Å². The van der Waals surface area contributed by atoms with Crippen molar-refractivity contribution in [2.75, 3.05) is 15.5 Å². The van der Waals surface area contributed by atoms with Crippen molar-refractivity contribution in [3.8, 4) is 0 Å². The monoisotopic (exact) mass is 373 g/mol. The summed E-state index contributed by atoms with van der Waals surface area (Å²) in [5.41, 5.74) is 1.48. The zero-order valence-electron chi connectivity index (χ0n) is 14.2. The largest absolute Gasteiger partial charge is 0.393 e. The Morgan fingerprint density at radius 1 is 1.23 bits per heavy atom. The summed E-state index contributed by atoms with van der Waals surface area (Å²) >= 11 is 6.21. The van der Waals surface area contributed by atoms with Crippen LogP contribution in [0.5, 0.6) is 0 Å². The number of hydrogen-bond acceptors (Lipinski definition) is 5. The van der Waals surface area contributed by atoms with Crippen molar-refractivity contribution < 1.29 is 9.90 Å². The van der Waals surface area contributed by atoms with Gasteiger partial charge in [0.05, 0.1) is 23.4 Å². The summed E-state index contributed by atoms with van der Waals surface area (Å²) in [7, 11) is 0. The number of carbonyl (C=O) groups is 1. The van der Waals surface area contributed by atoms with Crippen molar-refractivity contribution in [2.45, 2.75) is 44.4 Å². The molecule has 1 aliphatic heterocycles. The fraction of sp³-hybridized carbons (Fsp3) is 0.389. The molecule has 0 saturated heterocycles. The minimum Gasteiger partial charge on any atom is -0.393 e. The lowest BCUT2D eigenvalue weighted by atomic mass is 9.93. The van der Waals surface area contributed by atoms with Gasteiger partial charge in [-0.15, -0.1) is 0 Å². The van der Waals surface area contributed by atoms with Crippen molar-refractivity contribution in [1.29, 1.82) is 0 Å². The maximum atomic E-state index is 12.5. The lowest BCUT2D eigenvalue weighted by Gasteiger charge is -2.30. The first-order valence-electron chi connectivity index (χ1n) is 8.74. The highest BCUT2D eigenvalue weighted by atomic mass is 35.5. The van der Waals surface area contributed by atoms with Gasteiger partial charge >= 0.3 is 6.03 Å². The second-order valence-corrected chi connectivity index (χ2v) is 7.09. The molecule has 1 aromatic carbocycles. The first-order chi connectivity index (χ1) is 12.6. The molecule has 1 saturated carbocycles. The van der Waals surface area contributed by atoms with Crippen LogP contribution in [0.1, 0.15) is 31.2 Å². The van der Waals surface area contributed by atoms with Gasteiger partial charge in [-0.25, -0.2) is 9.78 Å². The minimum atomic E-state index is -0.268. The lowest BCUT2D eigenvalue weighted by molar-refractivity contribution is 0.126. The molecule has 0 bridgehead atoms. The van der Waals surface area contributed by atoms with Gasteiger partial charge in [0, 0.05) is 17.8 Å². The van der Waals surface area contributed by atoms with Gasteiger partial charge in [-0.2, -0.15) is 4.98 Å². The predicted molar refractivity (Wildman–Crippen MR) is 101 cm³/mol. The molecule has 0 spiro atoms. The number of rotatable bonds is 3. The van der Waals surface area contributed by atoms with Crippen LogP contribution in [-0.2, 0) is 6.54 Å². The third kappa shape index (κ3) is 3.45. The quantitative estimate of drug-likeness (QED) is 0.767. The summed E-state index contributed by atoms with van der Waals surface area (Å²) in [4.78, 5) is 22.9. The van der Waals surface area contributed by atoms with Gasteiger partial charge in [0.2, 0.25) is 5.95 Å². The molecule has 2 heterocycles. The molecule has 0 unspecified atom stereocenters. The fourth-order valence-corrected chi connectivity index (χ4v) is 3.62. The van der Waals surface area contributed by atoms with Gasteiger partial charge in [0.25, 0.3) is 0 Å². The highest BCUT2D eigenvalue weighted by Crippen LogP contribution is 2.31. The van der Waals surface area contributed by atoms with Gasteiger partial charge in [-0.1, -0.05) is 23.7 Å². The third-order valence-corrected chi connectivity index (χ3v) is 5.16.